The van der Waals surface area contributed by atoms with Gasteiger partial charge in [-0.2, -0.15) is 18.3 Å². The van der Waals surface area contributed by atoms with Gasteiger partial charge in [0.15, 0.2) is 5.69 Å². The van der Waals surface area contributed by atoms with Gasteiger partial charge in [-0.3, -0.25) is 9.67 Å². The number of alkyl halides is 3. The molecule has 1 unspecified atom stereocenters. The molecule has 4 rings (SSSR count). The first-order chi connectivity index (χ1) is 17.1. The Labute approximate surface area is 210 Å². The molecule has 1 aliphatic rings. The minimum atomic E-state index is -5.27. The van der Waals surface area contributed by atoms with Gasteiger partial charge < -0.3 is 10.1 Å². The van der Waals surface area contributed by atoms with Crippen LogP contribution in [0, 0.1) is 0 Å². The molecule has 36 heavy (non-hydrogen) atoms. The number of carbonyl (C=O) groups is 2. The van der Waals surface area contributed by atoms with Crippen molar-refractivity contribution in [1.82, 2.24) is 20.1 Å². The Morgan fingerprint density at radius 3 is 2.67 bits per heavy atom. The maximum Gasteiger partial charge on any atom is 0.491 e. The summed E-state index contributed by atoms with van der Waals surface area (Å²) in [6, 6.07) is 9.36. The van der Waals surface area contributed by atoms with Crippen LogP contribution in [0.2, 0.25) is 5.02 Å². The first kappa shape index (κ1) is 25.8. The highest BCUT2D eigenvalue weighted by Crippen LogP contribution is 2.34. The molecular weight excluding hydrogens is 497 g/mol. The number of pyridine rings is 1. The zero-order valence-corrected chi connectivity index (χ0v) is 20.2. The number of halogens is 4. The fraction of sp³-hybridized carbons (Fsp3) is 0.360. The molecule has 190 valence electrons. The van der Waals surface area contributed by atoms with Gasteiger partial charge in [0.1, 0.15) is 0 Å². The summed E-state index contributed by atoms with van der Waals surface area (Å²) in [6.07, 6.45) is -0.526. The third-order valence-corrected chi connectivity index (χ3v) is 6.33. The second kappa shape index (κ2) is 10.8. The second-order valence-corrected chi connectivity index (χ2v) is 9.05. The van der Waals surface area contributed by atoms with Crippen LogP contribution in [0.25, 0.3) is 11.3 Å². The van der Waals surface area contributed by atoms with Crippen molar-refractivity contribution in [2.24, 2.45) is 0 Å². The molecule has 1 aromatic carbocycles. The van der Waals surface area contributed by atoms with Gasteiger partial charge in [0.05, 0.1) is 5.69 Å². The molecule has 0 aliphatic heterocycles. The smallest absolute Gasteiger partial charge is 0.381 e. The number of ether oxygens (including phenoxy) is 1. The van der Waals surface area contributed by atoms with Crippen LogP contribution in [-0.4, -0.2) is 46.0 Å². The lowest BCUT2D eigenvalue weighted by molar-refractivity contribution is -0.193. The summed E-state index contributed by atoms with van der Waals surface area (Å²) >= 11 is 5.94. The normalized spacial score (nSPS) is 13.6. The van der Waals surface area contributed by atoms with Gasteiger partial charge >= 0.3 is 18.1 Å². The summed E-state index contributed by atoms with van der Waals surface area (Å²) in [5, 5.41) is 8.54. The molecule has 2 heterocycles. The predicted molar refractivity (Wildman–Crippen MR) is 127 cm³/mol. The van der Waals surface area contributed by atoms with Crippen LogP contribution in [0.4, 0.5) is 13.2 Å². The van der Waals surface area contributed by atoms with E-state index in [-0.39, 0.29) is 18.2 Å². The summed E-state index contributed by atoms with van der Waals surface area (Å²) in [5.41, 5.74) is 3.67. The van der Waals surface area contributed by atoms with Crippen LogP contribution >= 0.6 is 11.6 Å². The van der Waals surface area contributed by atoms with E-state index < -0.39 is 18.1 Å². The number of hydrogen-bond acceptors (Lipinski definition) is 6. The molecule has 1 atom stereocenters. The van der Waals surface area contributed by atoms with E-state index in [4.69, 9.17) is 11.6 Å². The molecule has 0 radical (unpaired) electrons. The molecule has 0 spiro atoms. The Balaban J connectivity index is 1.47. The Kier molecular flexibility index (Phi) is 7.75. The van der Waals surface area contributed by atoms with E-state index in [2.05, 4.69) is 27.1 Å². The van der Waals surface area contributed by atoms with Crippen molar-refractivity contribution in [1.29, 1.82) is 0 Å². The lowest BCUT2D eigenvalue weighted by atomic mass is 9.90. The number of esters is 2. The predicted octanol–water partition coefficient (Wildman–Crippen LogP) is 4.73. The maximum atomic E-state index is 12.7. The number of hydrogen-bond donors (Lipinski definition) is 1. The van der Waals surface area contributed by atoms with Gasteiger partial charge in [-0.05, 0) is 61.1 Å². The minimum Gasteiger partial charge on any atom is -0.381 e. The van der Waals surface area contributed by atoms with E-state index in [9.17, 15) is 22.8 Å². The monoisotopic (exact) mass is 520 g/mol. The molecule has 11 heteroatoms. The summed E-state index contributed by atoms with van der Waals surface area (Å²) in [7, 11) is 0. The third kappa shape index (κ3) is 5.76. The number of aromatic nitrogens is 3. The molecule has 1 aliphatic carbocycles. The molecule has 0 amide bonds. The van der Waals surface area contributed by atoms with Crippen LogP contribution in [0.5, 0.6) is 0 Å². The molecule has 0 saturated heterocycles. The molecular formula is C25H24ClF3N4O3. The van der Waals surface area contributed by atoms with Gasteiger partial charge in [-0.1, -0.05) is 30.7 Å². The molecule has 2 aromatic heterocycles. The number of rotatable bonds is 8. The van der Waals surface area contributed by atoms with E-state index in [1.807, 2.05) is 24.3 Å². The van der Waals surface area contributed by atoms with E-state index in [0.29, 0.717) is 48.6 Å². The first-order valence-electron chi connectivity index (χ1n) is 11.5. The summed E-state index contributed by atoms with van der Waals surface area (Å²) in [4.78, 5) is 28.1. The Morgan fingerprint density at radius 1 is 1.19 bits per heavy atom. The SMILES string of the molecule is CC(CNCCCn1nc2c(c1C(=O)OC(=O)C(F)(F)F)CCc1cnccc1-2)c1ccc(Cl)cc1. The highest BCUT2D eigenvalue weighted by molar-refractivity contribution is 6.30. The van der Waals surface area contributed by atoms with Gasteiger partial charge in [0.2, 0.25) is 0 Å². The average molecular weight is 521 g/mol. The van der Waals surface area contributed by atoms with Crippen LogP contribution in [0.15, 0.2) is 42.7 Å². The van der Waals surface area contributed by atoms with Crippen LogP contribution < -0.4 is 5.32 Å². The largest absolute Gasteiger partial charge is 0.491 e. The van der Waals surface area contributed by atoms with Crippen molar-refractivity contribution in [2.75, 3.05) is 13.1 Å². The lowest BCUT2D eigenvalue weighted by Gasteiger charge is -2.15. The van der Waals surface area contributed by atoms with E-state index in [0.717, 1.165) is 16.7 Å². The second-order valence-electron chi connectivity index (χ2n) is 8.62. The van der Waals surface area contributed by atoms with Crippen molar-refractivity contribution in [3.63, 3.8) is 0 Å². The van der Waals surface area contributed by atoms with Crippen LogP contribution in [-0.2, 0) is 28.9 Å². The van der Waals surface area contributed by atoms with E-state index >= 15 is 0 Å². The van der Waals surface area contributed by atoms with Crippen molar-refractivity contribution >= 4 is 23.5 Å². The minimum absolute atomic E-state index is 0.125. The Morgan fingerprint density at radius 2 is 1.94 bits per heavy atom. The molecule has 0 bridgehead atoms. The number of benzene rings is 1. The molecule has 1 N–H and O–H groups in total. The van der Waals surface area contributed by atoms with Gasteiger partial charge in [0.25, 0.3) is 0 Å². The van der Waals surface area contributed by atoms with Crippen molar-refractivity contribution < 1.29 is 27.5 Å². The van der Waals surface area contributed by atoms with Crippen molar-refractivity contribution in [2.45, 2.75) is 44.8 Å². The highest BCUT2D eigenvalue weighted by atomic mass is 35.5. The number of aryl methyl sites for hydroxylation is 2. The van der Waals surface area contributed by atoms with Crippen LogP contribution in [0.1, 0.15) is 46.4 Å². The third-order valence-electron chi connectivity index (χ3n) is 6.08. The zero-order valence-electron chi connectivity index (χ0n) is 19.4. The van der Waals surface area contributed by atoms with Crippen molar-refractivity contribution in [3.8, 4) is 11.3 Å². The van der Waals surface area contributed by atoms with Crippen molar-refractivity contribution in [3.05, 3.63) is 70.1 Å². The average Bonchev–Trinajstić information content (AvgIpc) is 3.22. The number of nitrogens with one attached hydrogen (secondary N) is 1. The zero-order chi connectivity index (χ0) is 25.9. The fourth-order valence-electron chi connectivity index (χ4n) is 4.23. The summed E-state index contributed by atoms with van der Waals surface area (Å²) < 4.78 is 43.6. The molecule has 3 aromatic rings. The molecule has 0 fully saturated rings. The quantitative estimate of drug-likeness (QED) is 0.263. The number of fused-ring (bicyclic) bond motifs is 3. The van der Waals surface area contributed by atoms with Gasteiger partial charge in [-0.25, -0.2) is 9.59 Å². The maximum absolute atomic E-state index is 12.7. The standard InChI is InChI=1S/C25H24ClF3N4O3/c1-15(16-3-6-18(26)7-4-16)13-30-10-2-12-33-22(23(34)36-24(35)25(27,28)29)20-8-5-17-14-31-11-9-19(17)21(20)32-33/h3-4,6-7,9,11,14-15,30H,2,5,8,10,12-13H2,1H3. The topological polar surface area (TPSA) is 86.1 Å². The van der Waals surface area contributed by atoms with Crippen LogP contribution in [0.3, 0.4) is 0 Å². The Hall–Kier alpha value is -3.24. The fourth-order valence-corrected chi connectivity index (χ4v) is 4.36. The van der Waals surface area contributed by atoms with Gasteiger partial charge in [-0.15, -0.1) is 0 Å². The highest BCUT2D eigenvalue weighted by Gasteiger charge is 2.43. The van der Waals surface area contributed by atoms with E-state index in [1.54, 1.807) is 18.5 Å². The lowest BCUT2D eigenvalue weighted by Crippen LogP contribution is -2.29. The van der Waals surface area contributed by atoms with Gasteiger partial charge in [0, 0.05) is 41.6 Å². The first-order valence-corrected chi connectivity index (χ1v) is 11.9. The Bertz CT molecular complexity index is 1260. The molecule has 7 nitrogen and oxygen atoms in total. The number of carbonyl (C=O) groups excluding carboxylic acids is 2. The van der Waals surface area contributed by atoms with E-state index in [1.165, 1.54) is 4.68 Å². The summed E-state index contributed by atoms with van der Waals surface area (Å²) in [5.74, 6) is -3.66. The molecule has 0 saturated carbocycles. The number of nitrogens with zero attached hydrogens (tertiary/aromatic N) is 3. The summed E-state index contributed by atoms with van der Waals surface area (Å²) in [6.45, 7) is 3.61.